The van der Waals surface area contributed by atoms with Gasteiger partial charge in [0, 0.05) is 47.6 Å². The van der Waals surface area contributed by atoms with Gasteiger partial charge >= 0.3 is 0 Å². The highest BCUT2D eigenvalue weighted by atomic mass is 19.1. The summed E-state index contributed by atoms with van der Waals surface area (Å²) < 4.78 is 26.0. The van der Waals surface area contributed by atoms with Gasteiger partial charge in [-0.25, -0.2) is 9.38 Å². The Balaban J connectivity index is 1.18. The molecule has 1 spiro atoms. The zero-order valence-corrected chi connectivity index (χ0v) is 25.4. The van der Waals surface area contributed by atoms with Crippen molar-refractivity contribution in [3.63, 3.8) is 0 Å². The number of rotatable bonds is 10. The van der Waals surface area contributed by atoms with Crippen LogP contribution in [0.3, 0.4) is 0 Å². The Bertz CT molecular complexity index is 1370. The first-order valence-corrected chi connectivity index (χ1v) is 15.2. The summed E-state index contributed by atoms with van der Waals surface area (Å²) in [6, 6.07) is 5.29. The Kier molecular flexibility index (Phi) is 9.52. The second-order valence-corrected chi connectivity index (χ2v) is 12.3. The molecule has 0 atom stereocenters. The number of amides is 1. The van der Waals surface area contributed by atoms with Gasteiger partial charge in [0.2, 0.25) is 0 Å². The minimum Gasteiger partial charge on any atom is -0.492 e. The molecule has 4 fully saturated rings. The highest BCUT2D eigenvalue weighted by Crippen LogP contribution is 2.49. The van der Waals surface area contributed by atoms with E-state index < -0.39 is 5.82 Å². The molecule has 5 rings (SSSR count). The molecule has 3 heterocycles. The van der Waals surface area contributed by atoms with Gasteiger partial charge in [-0.3, -0.25) is 9.69 Å². The normalized spacial score (nSPS) is 23.4. The summed E-state index contributed by atoms with van der Waals surface area (Å²) in [5, 5.41) is 6.56. The molecule has 1 amide bonds. The van der Waals surface area contributed by atoms with E-state index in [1.807, 2.05) is 19.9 Å². The van der Waals surface area contributed by atoms with E-state index >= 15 is 0 Å². The van der Waals surface area contributed by atoms with E-state index in [2.05, 4.69) is 33.7 Å². The van der Waals surface area contributed by atoms with Gasteiger partial charge in [-0.1, -0.05) is 19.2 Å². The van der Waals surface area contributed by atoms with Gasteiger partial charge in [0.05, 0.1) is 25.9 Å². The molecule has 9 heteroatoms. The molecule has 43 heavy (non-hydrogen) atoms. The van der Waals surface area contributed by atoms with Crippen molar-refractivity contribution in [2.24, 2.45) is 16.1 Å². The first kappa shape index (κ1) is 30.8. The summed E-state index contributed by atoms with van der Waals surface area (Å²) in [7, 11) is 0. The fraction of sp³-hybridized carbons (Fsp3) is 0.471. The van der Waals surface area contributed by atoms with Crippen LogP contribution in [0.4, 0.5) is 4.39 Å². The smallest absolute Gasteiger partial charge is 0.251 e. The van der Waals surface area contributed by atoms with Crippen molar-refractivity contribution in [1.82, 2.24) is 15.5 Å². The number of allylic oxidation sites excluding steroid dienone is 6. The van der Waals surface area contributed by atoms with E-state index in [0.29, 0.717) is 35.7 Å². The molecule has 0 radical (unpaired) electrons. The maximum absolute atomic E-state index is 14.6. The third kappa shape index (κ3) is 7.28. The fourth-order valence-electron chi connectivity index (χ4n) is 6.61. The molecule has 4 N–H and O–H groups in total. The summed E-state index contributed by atoms with van der Waals surface area (Å²) >= 11 is 0. The summed E-state index contributed by atoms with van der Waals surface area (Å²) in [6.07, 6.45) is 10.3. The number of carbonyl (C=O) groups is 1. The van der Waals surface area contributed by atoms with Crippen molar-refractivity contribution in [2.75, 3.05) is 32.9 Å². The molecule has 3 saturated heterocycles. The van der Waals surface area contributed by atoms with Crippen LogP contribution in [-0.4, -0.2) is 62.0 Å². The molecule has 4 aliphatic rings. The third-order valence-electron chi connectivity index (χ3n) is 9.23. The van der Waals surface area contributed by atoms with Crippen molar-refractivity contribution in [1.29, 1.82) is 0 Å². The number of aliphatic imine (C=N–C) groups is 1. The first-order valence-electron chi connectivity index (χ1n) is 15.2. The standard InChI is InChI=1S/C34H44FN5O3/c1-5-30(22(2)6-10-37-24(4)36)32-31(7-13-43-32)23(3)38-19-25-14-26(16-27(35)15-25)33(41)39-28-17-34(18-28)8-11-40(12-9-34)29-20-42-21-29/h5-6,10,14-16,28-29,38H,1,4,7-9,11-13,17-21,36H2,2-3H3,(H,39,41)/b22-6+,31-23+,32-30-,37-10?. The lowest BCUT2D eigenvalue weighted by Crippen LogP contribution is -2.58. The monoisotopic (exact) mass is 589 g/mol. The van der Waals surface area contributed by atoms with E-state index in [-0.39, 0.29) is 17.8 Å². The zero-order valence-electron chi connectivity index (χ0n) is 25.4. The number of nitrogens with two attached hydrogens (primary N) is 1. The van der Waals surface area contributed by atoms with Crippen LogP contribution in [0.25, 0.3) is 0 Å². The second-order valence-electron chi connectivity index (χ2n) is 12.3. The Hall–Kier alpha value is -3.69. The number of halogens is 1. The van der Waals surface area contributed by atoms with Crippen LogP contribution in [0.1, 0.15) is 61.9 Å². The highest BCUT2D eigenvalue weighted by molar-refractivity contribution is 5.94. The van der Waals surface area contributed by atoms with Crippen LogP contribution in [0.15, 0.2) is 82.5 Å². The Labute approximate surface area is 254 Å². The lowest BCUT2D eigenvalue weighted by atomic mass is 9.60. The molecule has 1 aromatic carbocycles. The minimum absolute atomic E-state index is 0.146. The second kappa shape index (κ2) is 13.3. The van der Waals surface area contributed by atoms with Gasteiger partial charge in [-0.05, 0) is 93.4 Å². The lowest BCUT2D eigenvalue weighted by molar-refractivity contribution is -0.0932. The molecule has 8 nitrogen and oxygen atoms in total. The van der Waals surface area contributed by atoms with Gasteiger partial charge in [0.25, 0.3) is 5.91 Å². The maximum atomic E-state index is 14.6. The molecular formula is C34H44FN5O3. The van der Waals surface area contributed by atoms with E-state index in [1.165, 1.54) is 25.0 Å². The van der Waals surface area contributed by atoms with Crippen LogP contribution in [0, 0.1) is 11.2 Å². The van der Waals surface area contributed by atoms with E-state index in [9.17, 15) is 9.18 Å². The molecule has 1 aromatic rings. The summed E-state index contributed by atoms with van der Waals surface area (Å²) in [5.74, 6) is 0.354. The Morgan fingerprint density at radius 1 is 1.23 bits per heavy atom. The molecule has 1 saturated carbocycles. The van der Waals surface area contributed by atoms with E-state index in [1.54, 1.807) is 18.4 Å². The van der Waals surface area contributed by atoms with Crippen LogP contribution in [0.5, 0.6) is 0 Å². The number of piperidine rings is 1. The molecule has 1 aliphatic carbocycles. The lowest BCUT2D eigenvalue weighted by Gasteiger charge is -2.54. The molecule has 0 unspecified atom stereocenters. The number of hydrogen-bond acceptors (Lipinski definition) is 7. The highest BCUT2D eigenvalue weighted by Gasteiger charge is 2.47. The number of ether oxygens (including phenoxy) is 2. The molecule has 230 valence electrons. The Morgan fingerprint density at radius 3 is 2.63 bits per heavy atom. The molecule has 3 aliphatic heterocycles. The van der Waals surface area contributed by atoms with Crippen molar-refractivity contribution in [2.45, 2.75) is 64.6 Å². The quantitative estimate of drug-likeness (QED) is 0.337. The predicted molar refractivity (Wildman–Crippen MR) is 168 cm³/mol. The van der Waals surface area contributed by atoms with Crippen molar-refractivity contribution in [3.05, 3.63) is 94.4 Å². The van der Waals surface area contributed by atoms with Crippen LogP contribution in [-0.2, 0) is 16.0 Å². The zero-order chi connectivity index (χ0) is 30.6. The van der Waals surface area contributed by atoms with E-state index in [0.717, 1.165) is 73.7 Å². The minimum atomic E-state index is -0.423. The van der Waals surface area contributed by atoms with Crippen LogP contribution < -0.4 is 16.4 Å². The molecular weight excluding hydrogens is 545 g/mol. The predicted octanol–water partition coefficient (Wildman–Crippen LogP) is 4.87. The largest absolute Gasteiger partial charge is 0.492 e. The molecule has 0 aromatic heterocycles. The van der Waals surface area contributed by atoms with Crippen molar-refractivity contribution < 1.29 is 18.7 Å². The average molecular weight is 590 g/mol. The third-order valence-corrected chi connectivity index (χ3v) is 9.23. The van der Waals surface area contributed by atoms with Gasteiger partial charge in [-0.15, -0.1) is 0 Å². The Morgan fingerprint density at radius 2 is 1.98 bits per heavy atom. The van der Waals surface area contributed by atoms with Crippen molar-refractivity contribution >= 4 is 12.1 Å². The van der Waals surface area contributed by atoms with Gasteiger partial charge in [0.15, 0.2) is 0 Å². The van der Waals surface area contributed by atoms with Crippen LogP contribution >= 0.6 is 0 Å². The number of nitrogens with zero attached hydrogens (tertiary/aromatic N) is 2. The topological polar surface area (TPSA) is 101 Å². The number of likely N-dealkylation sites (tertiary alicyclic amines) is 1. The van der Waals surface area contributed by atoms with Gasteiger partial charge < -0.3 is 25.8 Å². The average Bonchev–Trinajstić information content (AvgIpc) is 3.40. The number of carbonyl (C=O) groups excluding carboxylic acids is 1. The summed E-state index contributed by atoms with van der Waals surface area (Å²) in [5.41, 5.74) is 10.7. The van der Waals surface area contributed by atoms with Gasteiger partial charge in [0.1, 0.15) is 17.4 Å². The number of hydrogen-bond donors (Lipinski definition) is 3. The fourth-order valence-corrected chi connectivity index (χ4v) is 6.61. The van der Waals surface area contributed by atoms with Crippen molar-refractivity contribution in [3.8, 4) is 0 Å². The first-order chi connectivity index (χ1) is 20.7. The maximum Gasteiger partial charge on any atom is 0.251 e. The summed E-state index contributed by atoms with van der Waals surface area (Å²) in [6.45, 7) is 16.3. The SMILES string of the molecule is C=CC(=C1/OCC/C1=C(/C)NCc1cc(F)cc(C(=O)NC2CC3(CCN(C4COC4)CC3)C2)c1)/C(C)=C/C=NC(=C)N. The number of benzene rings is 1. The van der Waals surface area contributed by atoms with Gasteiger partial charge in [-0.2, -0.15) is 0 Å². The number of nitrogens with one attached hydrogen (secondary N) is 2. The van der Waals surface area contributed by atoms with E-state index in [4.69, 9.17) is 15.2 Å². The van der Waals surface area contributed by atoms with Crippen LogP contribution in [0.2, 0.25) is 0 Å². The molecule has 0 bridgehead atoms. The summed E-state index contributed by atoms with van der Waals surface area (Å²) in [4.78, 5) is 19.6.